The minimum absolute atomic E-state index is 0.260. The Kier molecular flexibility index (Phi) is 7.40. The van der Waals surface area contributed by atoms with Gasteiger partial charge in [0.25, 0.3) is 0 Å². The minimum atomic E-state index is 0.260. The first kappa shape index (κ1) is 22.4. The molecule has 10 heteroatoms. The smallest absolute Gasteiger partial charge is 0.191 e. The van der Waals surface area contributed by atoms with Crippen LogP contribution in [0.15, 0.2) is 53.0 Å². The molecule has 0 radical (unpaired) electrons. The summed E-state index contributed by atoms with van der Waals surface area (Å²) >= 11 is 21.6. The van der Waals surface area contributed by atoms with Crippen LogP contribution >= 0.6 is 57.9 Å². The average Bonchev–Trinajstić information content (AvgIpc) is 3.38. The number of hydrogen-bond acceptors (Lipinski definition) is 6. The van der Waals surface area contributed by atoms with Gasteiger partial charge in [0.05, 0.1) is 15.7 Å². The standard InChI is InChI=1S/C21H17Cl3N4OS2/c1-2-28-19(10-29-18-8-7-13(22)9-17(18)24)26-27-21(28)31-12-14-11-30-20(25-14)15-5-3-4-6-16(15)23/h3-9,11H,2,10,12H2,1H3. The summed E-state index contributed by atoms with van der Waals surface area (Å²) in [5.74, 6) is 1.97. The maximum absolute atomic E-state index is 6.29. The molecular weight excluding hydrogens is 495 g/mol. The van der Waals surface area contributed by atoms with Gasteiger partial charge in [-0.1, -0.05) is 64.8 Å². The lowest BCUT2D eigenvalue weighted by Crippen LogP contribution is -2.07. The maximum Gasteiger partial charge on any atom is 0.191 e. The van der Waals surface area contributed by atoms with Gasteiger partial charge in [-0.2, -0.15) is 0 Å². The number of ether oxygens (including phenoxy) is 1. The van der Waals surface area contributed by atoms with E-state index >= 15 is 0 Å². The topological polar surface area (TPSA) is 52.8 Å². The molecule has 4 aromatic rings. The molecule has 0 aliphatic carbocycles. The maximum atomic E-state index is 6.29. The van der Waals surface area contributed by atoms with Crippen LogP contribution in [0.3, 0.4) is 0 Å². The van der Waals surface area contributed by atoms with Crippen molar-refractivity contribution in [1.29, 1.82) is 0 Å². The van der Waals surface area contributed by atoms with E-state index in [0.717, 1.165) is 33.8 Å². The second kappa shape index (κ2) is 10.2. The van der Waals surface area contributed by atoms with Crippen molar-refractivity contribution in [2.45, 2.75) is 31.0 Å². The molecule has 0 saturated heterocycles. The summed E-state index contributed by atoms with van der Waals surface area (Å²) in [5, 5.41) is 14.1. The highest BCUT2D eigenvalue weighted by Crippen LogP contribution is 2.32. The number of aromatic nitrogens is 4. The number of thiazole rings is 1. The highest BCUT2D eigenvalue weighted by molar-refractivity contribution is 7.98. The molecule has 5 nitrogen and oxygen atoms in total. The van der Waals surface area contributed by atoms with E-state index in [4.69, 9.17) is 44.5 Å². The zero-order valence-electron chi connectivity index (χ0n) is 16.4. The van der Waals surface area contributed by atoms with Gasteiger partial charge in [0, 0.05) is 28.3 Å². The number of rotatable bonds is 8. The van der Waals surface area contributed by atoms with Gasteiger partial charge in [0.15, 0.2) is 11.0 Å². The first-order valence-corrected chi connectivity index (χ1v) is 12.4. The van der Waals surface area contributed by atoms with E-state index in [2.05, 4.69) is 10.2 Å². The van der Waals surface area contributed by atoms with Crippen LogP contribution in [-0.2, 0) is 18.9 Å². The summed E-state index contributed by atoms with van der Waals surface area (Å²) in [4.78, 5) is 4.72. The van der Waals surface area contributed by atoms with Gasteiger partial charge in [0.1, 0.15) is 17.4 Å². The van der Waals surface area contributed by atoms with Crippen LogP contribution in [0.5, 0.6) is 5.75 Å². The van der Waals surface area contributed by atoms with Gasteiger partial charge in [-0.3, -0.25) is 0 Å². The fourth-order valence-electron chi connectivity index (χ4n) is 2.85. The number of nitrogens with zero attached hydrogens (tertiary/aromatic N) is 4. The summed E-state index contributed by atoms with van der Waals surface area (Å²) in [5.41, 5.74) is 1.92. The van der Waals surface area contributed by atoms with Gasteiger partial charge in [0.2, 0.25) is 0 Å². The van der Waals surface area contributed by atoms with Crippen molar-refractivity contribution in [3.05, 3.63) is 74.4 Å². The van der Waals surface area contributed by atoms with Gasteiger partial charge >= 0.3 is 0 Å². The van der Waals surface area contributed by atoms with E-state index < -0.39 is 0 Å². The quantitative estimate of drug-likeness (QED) is 0.233. The summed E-state index contributed by atoms with van der Waals surface area (Å²) in [6.45, 7) is 3.03. The van der Waals surface area contributed by atoms with Gasteiger partial charge in [-0.05, 0) is 31.2 Å². The number of halogens is 3. The number of benzene rings is 2. The molecule has 0 aliphatic rings. The van der Waals surface area contributed by atoms with Crippen molar-refractivity contribution in [3.8, 4) is 16.3 Å². The Morgan fingerprint density at radius 2 is 1.90 bits per heavy atom. The number of hydrogen-bond donors (Lipinski definition) is 0. The Morgan fingerprint density at radius 3 is 2.68 bits per heavy atom. The van der Waals surface area contributed by atoms with Crippen LogP contribution in [-0.4, -0.2) is 19.7 Å². The molecule has 0 amide bonds. The molecule has 0 fully saturated rings. The number of thioether (sulfide) groups is 1. The van der Waals surface area contributed by atoms with Crippen LogP contribution < -0.4 is 4.74 Å². The van der Waals surface area contributed by atoms with Crippen LogP contribution in [0, 0.1) is 0 Å². The van der Waals surface area contributed by atoms with Crippen LogP contribution in [0.25, 0.3) is 10.6 Å². The molecule has 160 valence electrons. The second-order valence-electron chi connectivity index (χ2n) is 6.42. The molecule has 2 aromatic carbocycles. The summed E-state index contributed by atoms with van der Waals surface area (Å²) in [6, 6.07) is 12.8. The fourth-order valence-corrected chi connectivity index (χ4v) is 5.48. The lowest BCUT2D eigenvalue weighted by atomic mass is 10.2. The third-order valence-electron chi connectivity index (χ3n) is 4.37. The van der Waals surface area contributed by atoms with E-state index in [1.165, 1.54) is 0 Å². The Bertz CT molecular complexity index is 1200. The van der Waals surface area contributed by atoms with Crippen molar-refractivity contribution in [2.75, 3.05) is 0 Å². The van der Waals surface area contributed by atoms with E-state index in [9.17, 15) is 0 Å². The Balaban J connectivity index is 1.42. The Morgan fingerprint density at radius 1 is 1.06 bits per heavy atom. The summed E-state index contributed by atoms with van der Waals surface area (Å²) in [6.07, 6.45) is 0. The molecule has 0 bridgehead atoms. The van der Waals surface area contributed by atoms with Gasteiger partial charge < -0.3 is 9.30 Å². The zero-order valence-corrected chi connectivity index (χ0v) is 20.3. The molecule has 0 N–H and O–H groups in total. The molecule has 0 spiro atoms. The lowest BCUT2D eigenvalue weighted by Gasteiger charge is -2.10. The second-order valence-corrected chi connectivity index (χ2v) is 9.47. The van der Waals surface area contributed by atoms with Crippen molar-refractivity contribution >= 4 is 57.9 Å². The zero-order chi connectivity index (χ0) is 21.8. The first-order valence-electron chi connectivity index (χ1n) is 9.37. The minimum Gasteiger partial charge on any atom is -0.484 e. The predicted molar refractivity (Wildman–Crippen MR) is 129 cm³/mol. The first-order chi connectivity index (χ1) is 15.0. The van der Waals surface area contributed by atoms with Crippen molar-refractivity contribution in [3.63, 3.8) is 0 Å². The SMILES string of the molecule is CCn1c(COc2ccc(Cl)cc2Cl)nnc1SCc1csc(-c2ccccc2Cl)n1. The molecule has 0 aliphatic heterocycles. The van der Waals surface area contributed by atoms with Crippen LogP contribution in [0.4, 0.5) is 0 Å². The molecule has 2 aromatic heterocycles. The normalized spacial score (nSPS) is 11.1. The molecule has 0 unspecified atom stereocenters. The summed E-state index contributed by atoms with van der Waals surface area (Å²) < 4.78 is 7.84. The predicted octanol–water partition coefficient (Wildman–Crippen LogP) is 7.25. The highest BCUT2D eigenvalue weighted by atomic mass is 35.5. The van der Waals surface area contributed by atoms with E-state index in [0.29, 0.717) is 26.6 Å². The molecular formula is C21H17Cl3N4OS2. The van der Waals surface area contributed by atoms with Crippen molar-refractivity contribution in [1.82, 2.24) is 19.7 Å². The van der Waals surface area contributed by atoms with Gasteiger partial charge in [-0.15, -0.1) is 21.5 Å². The third kappa shape index (κ3) is 5.35. The monoisotopic (exact) mass is 510 g/mol. The van der Waals surface area contributed by atoms with E-state index in [1.807, 2.05) is 41.1 Å². The van der Waals surface area contributed by atoms with Crippen molar-refractivity contribution < 1.29 is 4.74 Å². The lowest BCUT2D eigenvalue weighted by molar-refractivity contribution is 0.288. The van der Waals surface area contributed by atoms with Crippen molar-refractivity contribution in [2.24, 2.45) is 0 Å². The Labute approximate surface area is 203 Å². The highest BCUT2D eigenvalue weighted by Gasteiger charge is 2.14. The third-order valence-corrected chi connectivity index (χ3v) is 7.15. The Hall–Kier alpha value is -1.77. The molecule has 2 heterocycles. The summed E-state index contributed by atoms with van der Waals surface area (Å²) in [7, 11) is 0. The van der Waals surface area contributed by atoms with E-state index in [-0.39, 0.29) is 6.61 Å². The van der Waals surface area contributed by atoms with Crippen LogP contribution in [0.1, 0.15) is 18.4 Å². The largest absolute Gasteiger partial charge is 0.484 e. The van der Waals surface area contributed by atoms with Gasteiger partial charge in [-0.25, -0.2) is 4.98 Å². The fraction of sp³-hybridized carbons (Fsp3) is 0.190. The molecule has 4 rings (SSSR count). The molecule has 0 saturated carbocycles. The molecule has 31 heavy (non-hydrogen) atoms. The van der Waals surface area contributed by atoms with Crippen LogP contribution in [0.2, 0.25) is 15.1 Å². The molecule has 0 atom stereocenters. The average molecular weight is 512 g/mol. The van der Waals surface area contributed by atoms with E-state index in [1.54, 1.807) is 41.3 Å².